The fourth-order valence-corrected chi connectivity index (χ4v) is 3.27. The largest absolute Gasteiger partial charge is 0.361 e. The molecule has 0 unspecified atom stereocenters. The molecule has 0 radical (unpaired) electrons. The van der Waals surface area contributed by atoms with E-state index in [1.807, 2.05) is 19.9 Å². The molecule has 1 aromatic heterocycles. The molecule has 0 saturated carbocycles. The molecule has 8 nitrogen and oxygen atoms in total. The van der Waals surface area contributed by atoms with E-state index in [9.17, 15) is 9.59 Å². The number of likely N-dealkylation sites (tertiary alicyclic amines) is 1. The summed E-state index contributed by atoms with van der Waals surface area (Å²) in [5.74, 6) is 0.536. The lowest BCUT2D eigenvalue weighted by molar-refractivity contribution is -0.132. The van der Waals surface area contributed by atoms with Gasteiger partial charge in [-0.05, 0) is 26.7 Å². The van der Waals surface area contributed by atoms with Crippen LogP contribution in [0.4, 0.5) is 4.79 Å². The van der Waals surface area contributed by atoms with Gasteiger partial charge in [0.25, 0.3) is 5.91 Å². The summed E-state index contributed by atoms with van der Waals surface area (Å²) in [6.45, 7) is 5.71. The summed E-state index contributed by atoms with van der Waals surface area (Å²) in [7, 11) is 0. The Kier molecular flexibility index (Phi) is 3.82. The molecular formula is C15H19N5O3. The van der Waals surface area contributed by atoms with Gasteiger partial charge in [-0.1, -0.05) is 5.16 Å². The Morgan fingerprint density at radius 3 is 2.61 bits per heavy atom. The van der Waals surface area contributed by atoms with Crippen molar-refractivity contribution in [1.82, 2.24) is 20.3 Å². The summed E-state index contributed by atoms with van der Waals surface area (Å²) in [4.78, 5) is 27.6. The van der Waals surface area contributed by atoms with Crippen LogP contribution in [0, 0.1) is 25.2 Å². The van der Waals surface area contributed by atoms with Crippen LogP contribution in [-0.4, -0.2) is 52.1 Å². The lowest BCUT2D eigenvalue weighted by atomic mass is 9.87. The van der Waals surface area contributed by atoms with Gasteiger partial charge in [-0.2, -0.15) is 5.26 Å². The van der Waals surface area contributed by atoms with E-state index in [2.05, 4.69) is 15.4 Å². The molecule has 2 fully saturated rings. The normalized spacial score (nSPS) is 20.8. The highest BCUT2D eigenvalue weighted by atomic mass is 16.5. The molecule has 122 valence electrons. The van der Waals surface area contributed by atoms with Gasteiger partial charge in [-0.15, -0.1) is 0 Å². The Labute approximate surface area is 134 Å². The van der Waals surface area contributed by atoms with E-state index in [1.54, 1.807) is 0 Å². The molecule has 8 heteroatoms. The van der Waals surface area contributed by atoms with Crippen LogP contribution in [0.2, 0.25) is 0 Å². The number of urea groups is 1. The number of carbonyl (C=O) groups excluding carboxylic acids is 2. The highest BCUT2D eigenvalue weighted by Gasteiger charge is 2.52. The van der Waals surface area contributed by atoms with Gasteiger partial charge in [0.05, 0.1) is 11.8 Å². The highest BCUT2D eigenvalue weighted by Crippen LogP contribution is 2.30. The van der Waals surface area contributed by atoms with Crippen LogP contribution < -0.4 is 5.32 Å². The number of hydrogen-bond donors (Lipinski definition) is 1. The number of aromatic nitrogens is 1. The zero-order chi connectivity index (χ0) is 16.6. The van der Waals surface area contributed by atoms with Gasteiger partial charge in [-0.3, -0.25) is 9.69 Å². The van der Waals surface area contributed by atoms with E-state index < -0.39 is 11.6 Å². The molecule has 3 heterocycles. The zero-order valence-electron chi connectivity index (χ0n) is 13.3. The van der Waals surface area contributed by atoms with Gasteiger partial charge in [0.2, 0.25) is 0 Å². The van der Waals surface area contributed by atoms with Crippen LogP contribution in [0.5, 0.6) is 0 Å². The molecule has 0 aromatic carbocycles. The topological polar surface area (TPSA) is 102 Å². The third-order valence-corrected chi connectivity index (χ3v) is 4.75. The minimum absolute atomic E-state index is 0.199. The number of nitriles is 1. The molecule has 1 N–H and O–H groups in total. The Balaban J connectivity index is 1.66. The molecular weight excluding hydrogens is 298 g/mol. The first-order chi connectivity index (χ1) is 11.0. The molecule has 0 aliphatic carbocycles. The first kappa shape index (κ1) is 15.5. The van der Waals surface area contributed by atoms with Crippen molar-refractivity contribution in [2.75, 3.05) is 19.6 Å². The van der Waals surface area contributed by atoms with Crippen molar-refractivity contribution < 1.29 is 14.1 Å². The maximum Gasteiger partial charge on any atom is 0.325 e. The molecule has 0 bridgehead atoms. The van der Waals surface area contributed by atoms with Crippen molar-refractivity contribution in [3.8, 4) is 6.07 Å². The SMILES string of the molecule is Cc1noc(C)c1CN1CCC2(CC1)NC(=O)N(CC#N)C2=O. The van der Waals surface area contributed by atoms with Gasteiger partial charge < -0.3 is 9.84 Å². The third kappa shape index (κ3) is 2.57. The number of carbonyl (C=O) groups is 2. The summed E-state index contributed by atoms with van der Waals surface area (Å²) >= 11 is 0. The fraction of sp³-hybridized carbons (Fsp3) is 0.600. The van der Waals surface area contributed by atoms with E-state index in [4.69, 9.17) is 9.78 Å². The van der Waals surface area contributed by atoms with Crippen molar-refractivity contribution >= 4 is 11.9 Å². The fourth-order valence-electron chi connectivity index (χ4n) is 3.27. The van der Waals surface area contributed by atoms with Crippen LogP contribution in [0.1, 0.15) is 29.9 Å². The van der Waals surface area contributed by atoms with Crippen LogP contribution in [0.3, 0.4) is 0 Å². The second-order valence-corrected chi connectivity index (χ2v) is 6.14. The van der Waals surface area contributed by atoms with Gasteiger partial charge in [-0.25, -0.2) is 9.69 Å². The van der Waals surface area contributed by atoms with Gasteiger partial charge in [0.15, 0.2) is 0 Å². The second-order valence-electron chi connectivity index (χ2n) is 6.14. The predicted molar refractivity (Wildman–Crippen MR) is 79.1 cm³/mol. The van der Waals surface area contributed by atoms with E-state index >= 15 is 0 Å². The predicted octanol–water partition coefficient (Wildman–Crippen LogP) is 0.701. The van der Waals surface area contributed by atoms with Crippen molar-refractivity contribution in [2.24, 2.45) is 0 Å². The van der Waals surface area contributed by atoms with Gasteiger partial charge in [0.1, 0.15) is 17.8 Å². The van der Waals surface area contributed by atoms with Crippen LogP contribution in [-0.2, 0) is 11.3 Å². The van der Waals surface area contributed by atoms with E-state index in [0.29, 0.717) is 25.9 Å². The first-order valence-electron chi connectivity index (χ1n) is 7.62. The standard InChI is InChI=1S/C15H19N5O3/c1-10-12(11(2)23-18-10)9-19-6-3-15(4-7-19)13(21)20(8-5-16)14(22)17-15/h3-4,6-9H2,1-2H3,(H,17,22). The van der Waals surface area contributed by atoms with E-state index in [-0.39, 0.29) is 12.5 Å². The second kappa shape index (κ2) is 5.66. The van der Waals surface area contributed by atoms with Crippen LogP contribution >= 0.6 is 0 Å². The number of aryl methyl sites for hydroxylation is 2. The summed E-state index contributed by atoms with van der Waals surface area (Å²) in [6.07, 6.45) is 1.09. The number of nitrogens with zero attached hydrogens (tertiary/aromatic N) is 4. The monoisotopic (exact) mass is 317 g/mol. The molecule has 3 amide bonds. The Morgan fingerprint density at radius 2 is 2.04 bits per heavy atom. The number of amides is 3. The molecule has 23 heavy (non-hydrogen) atoms. The lowest BCUT2D eigenvalue weighted by Gasteiger charge is -2.37. The Morgan fingerprint density at radius 1 is 1.35 bits per heavy atom. The van der Waals surface area contributed by atoms with E-state index in [1.165, 1.54) is 0 Å². The third-order valence-electron chi connectivity index (χ3n) is 4.75. The number of hydrogen-bond acceptors (Lipinski definition) is 6. The van der Waals surface area contributed by atoms with Crippen LogP contribution in [0.25, 0.3) is 0 Å². The highest BCUT2D eigenvalue weighted by molar-refractivity contribution is 6.07. The molecule has 0 atom stereocenters. The maximum absolute atomic E-state index is 12.5. The minimum Gasteiger partial charge on any atom is -0.361 e. The minimum atomic E-state index is -0.844. The zero-order valence-corrected chi connectivity index (χ0v) is 13.3. The van der Waals surface area contributed by atoms with Crippen LogP contribution in [0.15, 0.2) is 4.52 Å². The summed E-state index contributed by atoms with van der Waals surface area (Å²) in [5.41, 5.74) is 1.12. The average molecular weight is 317 g/mol. The number of rotatable bonds is 3. The van der Waals surface area contributed by atoms with Crippen molar-refractivity contribution in [2.45, 2.75) is 38.8 Å². The summed E-state index contributed by atoms with van der Waals surface area (Å²) < 4.78 is 5.18. The quantitative estimate of drug-likeness (QED) is 0.650. The average Bonchev–Trinajstić information content (AvgIpc) is 2.96. The first-order valence-corrected chi connectivity index (χ1v) is 7.62. The van der Waals surface area contributed by atoms with Gasteiger partial charge >= 0.3 is 6.03 Å². The molecule has 2 saturated heterocycles. The Hall–Kier alpha value is -2.40. The van der Waals surface area contributed by atoms with E-state index in [0.717, 1.165) is 28.5 Å². The smallest absolute Gasteiger partial charge is 0.325 e. The number of nitrogens with one attached hydrogen (secondary N) is 1. The molecule has 2 aliphatic heterocycles. The molecule has 2 aliphatic rings. The maximum atomic E-state index is 12.5. The number of piperidine rings is 1. The summed E-state index contributed by atoms with van der Waals surface area (Å²) in [5, 5.41) is 15.5. The molecule has 1 spiro atoms. The Bertz CT molecular complexity index is 662. The number of imide groups is 1. The van der Waals surface area contributed by atoms with Crippen molar-refractivity contribution in [3.63, 3.8) is 0 Å². The molecule has 1 aromatic rings. The van der Waals surface area contributed by atoms with Crippen molar-refractivity contribution in [1.29, 1.82) is 5.26 Å². The molecule has 3 rings (SSSR count). The van der Waals surface area contributed by atoms with Crippen molar-refractivity contribution in [3.05, 3.63) is 17.0 Å². The summed E-state index contributed by atoms with van der Waals surface area (Å²) in [6, 6.07) is 1.40. The lowest BCUT2D eigenvalue weighted by Crippen LogP contribution is -2.54. The van der Waals surface area contributed by atoms with Gasteiger partial charge in [0, 0.05) is 25.2 Å².